The smallest absolute Gasteiger partial charge is 0.111 e. The molecule has 2 atom stereocenters. The van der Waals surface area contributed by atoms with E-state index in [0.717, 1.165) is 30.7 Å². The average Bonchev–Trinajstić information content (AvgIpc) is 2.84. The molecule has 0 aliphatic rings. The molecule has 20 heavy (non-hydrogen) atoms. The van der Waals surface area contributed by atoms with Crippen molar-refractivity contribution in [3.63, 3.8) is 0 Å². The molecule has 1 aromatic heterocycles. The molecule has 2 unspecified atom stereocenters. The van der Waals surface area contributed by atoms with Crippen LogP contribution in [0.1, 0.15) is 26.1 Å². The molecule has 4 nitrogen and oxygen atoms in total. The maximum atomic E-state index is 5.57. The van der Waals surface area contributed by atoms with Crippen LogP contribution in [0, 0.1) is 0 Å². The molecule has 0 bridgehead atoms. The zero-order chi connectivity index (χ0) is 14.5. The number of nitrogens with zero attached hydrogens (tertiary/aromatic N) is 2. The van der Waals surface area contributed by atoms with Gasteiger partial charge in [-0.2, -0.15) is 0 Å². The number of aryl methyl sites for hydroxylation is 1. The molecule has 1 heterocycles. The van der Waals surface area contributed by atoms with Crippen molar-refractivity contribution in [3.8, 4) is 0 Å². The Hall–Kier alpha value is -1.39. The number of fused-ring (bicyclic) bond motifs is 1. The summed E-state index contributed by atoms with van der Waals surface area (Å²) in [6.45, 7) is 5.26. The molecule has 0 saturated carbocycles. The Balaban J connectivity index is 2.32. The highest BCUT2D eigenvalue weighted by molar-refractivity contribution is 5.75. The van der Waals surface area contributed by atoms with E-state index in [1.807, 2.05) is 13.1 Å². The van der Waals surface area contributed by atoms with Crippen LogP contribution in [0.2, 0.25) is 0 Å². The van der Waals surface area contributed by atoms with Gasteiger partial charge in [-0.05, 0) is 32.5 Å². The Morgan fingerprint density at radius 2 is 2.05 bits per heavy atom. The van der Waals surface area contributed by atoms with E-state index in [2.05, 4.69) is 41.9 Å². The topological polar surface area (TPSA) is 39.1 Å². The Kier molecular flexibility index (Phi) is 5.15. The summed E-state index contributed by atoms with van der Waals surface area (Å²) in [6.07, 6.45) is 2.09. The fourth-order valence-electron chi connectivity index (χ4n) is 2.87. The lowest BCUT2D eigenvalue weighted by atomic mass is 10.0. The number of hydrogen-bond donors (Lipinski definition) is 1. The Morgan fingerprint density at radius 3 is 2.65 bits per heavy atom. The predicted octanol–water partition coefficient (Wildman–Crippen LogP) is 2.61. The lowest BCUT2D eigenvalue weighted by molar-refractivity contribution is 0.0670. The van der Waals surface area contributed by atoms with Crippen LogP contribution in [0.15, 0.2) is 24.3 Å². The highest BCUT2D eigenvalue weighted by atomic mass is 16.5. The van der Waals surface area contributed by atoms with Crippen LogP contribution in [0.5, 0.6) is 0 Å². The molecular formula is C16H25N3O. The molecule has 0 aliphatic carbocycles. The van der Waals surface area contributed by atoms with E-state index in [4.69, 9.17) is 9.72 Å². The number of likely N-dealkylation sites (N-methyl/N-ethyl adjacent to an activating group) is 1. The highest BCUT2D eigenvalue weighted by Gasteiger charge is 2.21. The van der Waals surface area contributed by atoms with Gasteiger partial charge in [-0.1, -0.05) is 19.1 Å². The van der Waals surface area contributed by atoms with Crippen molar-refractivity contribution in [1.29, 1.82) is 0 Å². The zero-order valence-electron chi connectivity index (χ0n) is 12.9. The second-order valence-corrected chi connectivity index (χ2v) is 5.04. The standard InChI is InChI=1S/C16H25N3O/c1-5-15(20-4)13(17-3)11-16-18-12-9-7-8-10-14(12)19(16)6-2/h7-10,13,15,17H,5-6,11H2,1-4H3. The first-order valence-corrected chi connectivity index (χ1v) is 7.39. The van der Waals surface area contributed by atoms with Gasteiger partial charge in [0.25, 0.3) is 0 Å². The minimum absolute atomic E-state index is 0.213. The van der Waals surface area contributed by atoms with E-state index < -0.39 is 0 Å². The summed E-state index contributed by atoms with van der Waals surface area (Å²) in [5.74, 6) is 1.13. The molecule has 0 spiro atoms. The number of para-hydroxylation sites is 2. The lowest BCUT2D eigenvalue weighted by Crippen LogP contribution is -2.40. The van der Waals surface area contributed by atoms with Gasteiger partial charge in [0.05, 0.1) is 17.1 Å². The molecule has 2 rings (SSSR count). The second-order valence-electron chi connectivity index (χ2n) is 5.04. The molecule has 0 fully saturated rings. The minimum Gasteiger partial charge on any atom is -0.380 e. The van der Waals surface area contributed by atoms with Crippen LogP contribution in [0.25, 0.3) is 11.0 Å². The third-order valence-corrected chi connectivity index (χ3v) is 3.98. The van der Waals surface area contributed by atoms with Crippen molar-refractivity contribution in [3.05, 3.63) is 30.1 Å². The number of imidazole rings is 1. The molecule has 2 aromatic rings. The van der Waals surface area contributed by atoms with Gasteiger partial charge in [-0.3, -0.25) is 0 Å². The maximum absolute atomic E-state index is 5.57. The number of ether oxygens (including phenoxy) is 1. The first kappa shape index (κ1) is 15.0. The van der Waals surface area contributed by atoms with E-state index >= 15 is 0 Å². The van der Waals surface area contributed by atoms with E-state index in [1.54, 1.807) is 7.11 Å². The number of nitrogens with one attached hydrogen (secondary N) is 1. The number of benzene rings is 1. The molecular weight excluding hydrogens is 250 g/mol. The summed E-state index contributed by atoms with van der Waals surface area (Å²) < 4.78 is 7.87. The maximum Gasteiger partial charge on any atom is 0.111 e. The number of rotatable bonds is 7. The second kappa shape index (κ2) is 6.86. The minimum atomic E-state index is 0.213. The van der Waals surface area contributed by atoms with Crippen molar-refractivity contribution in [2.75, 3.05) is 14.2 Å². The summed E-state index contributed by atoms with van der Waals surface area (Å²) in [6, 6.07) is 8.61. The first-order chi connectivity index (χ1) is 9.74. The van der Waals surface area contributed by atoms with Gasteiger partial charge in [0.1, 0.15) is 5.82 Å². The van der Waals surface area contributed by atoms with Crippen molar-refractivity contribution in [1.82, 2.24) is 14.9 Å². The van der Waals surface area contributed by atoms with Crippen LogP contribution in [0.4, 0.5) is 0 Å². The van der Waals surface area contributed by atoms with E-state index in [9.17, 15) is 0 Å². The van der Waals surface area contributed by atoms with Gasteiger partial charge in [0.15, 0.2) is 0 Å². The van der Waals surface area contributed by atoms with E-state index in [1.165, 1.54) is 5.52 Å². The molecule has 0 amide bonds. The quantitative estimate of drug-likeness (QED) is 0.844. The van der Waals surface area contributed by atoms with Crippen LogP contribution < -0.4 is 5.32 Å². The Bertz CT molecular complexity index is 546. The van der Waals surface area contributed by atoms with Crippen molar-refractivity contribution in [2.24, 2.45) is 0 Å². The normalized spacial score (nSPS) is 14.6. The van der Waals surface area contributed by atoms with Gasteiger partial charge in [-0.25, -0.2) is 4.98 Å². The molecule has 0 aliphatic heterocycles. The van der Waals surface area contributed by atoms with Gasteiger partial charge in [0, 0.05) is 26.1 Å². The van der Waals surface area contributed by atoms with Crippen LogP contribution in [0.3, 0.4) is 0 Å². The fourth-order valence-corrected chi connectivity index (χ4v) is 2.87. The monoisotopic (exact) mass is 275 g/mol. The third-order valence-electron chi connectivity index (χ3n) is 3.98. The summed E-state index contributed by atoms with van der Waals surface area (Å²) in [5.41, 5.74) is 2.29. The van der Waals surface area contributed by atoms with Gasteiger partial charge >= 0.3 is 0 Å². The van der Waals surface area contributed by atoms with Crippen LogP contribution in [-0.2, 0) is 17.7 Å². The molecule has 110 valence electrons. The molecule has 0 radical (unpaired) electrons. The van der Waals surface area contributed by atoms with Gasteiger partial charge in [-0.15, -0.1) is 0 Å². The molecule has 1 aromatic carbocycles. The lowest BCUT2D eigenvalue weighted by Gasteiger charge is -2.24. The summed E-state index contributed by atoms with van der Waals surface area (Å²) in [7, 11) is 3.77. The largest absolute Gasteiger partial charge is 0.380 e. The van der Waals surface area contributed by atoms with Gasteiger partial charge < -0.3 is 14.6 Å². The molecule has 4 heteroatoms. The Morgan fingerprint density at radius 1 is 1.30 bits per heavy atom. The highest BCUT2D eigenvalue weighted by Crippen LogP contribution is 2.18. The number of aromatic nitrogens is 2. The third kappa shape index (κ3) is 2.86. The summed E-state index contributed by atoms with van der Waals surface area (Å²) >= 11 is 0. The fraction of sp³-hybridized carbons (Fsp3) is 0.562. The SMILES string of the molecule is CCC(OC)C(Cc1nc2ccccc2n1CC)NC. The van der Waals surface area contributed by atoms with Crippen molar-refractivity contribution < 1.29 is 4.74 Å². The number of hydrogen-bond acceptors (Lipinski definition) is 3. The predicted molar refractivity (Wildman–Crippen MR) is 83.0 cm³/mol. The molecule has 0 saturated heterocycles. The van der Waals surface area contributed by atoms with Crippen molar-refractivity contribution in [2.45, 2.75) is 45.4 Å². The number of methoxy groups -OCH3 is 1. The van der Waals surface area contributed by atoms with Crippen LogP contribution in [-0.4, -0.2) is 35.9 Å². The first-order valence-electron chi connectivity index (χ1n) is 7.39. The zero-order valence-corrected chi connectivity index (χ0v) is 12.9. The van der Waals surface area contributed by atoms with E-state index in [-0.39, 0.29) is 12.1 Å². The Labute approximate surface area is 121 Å². The molecule has 1 N–H and O–H groups in total. The van der Waals surface area contributed by atoms with Gasteiger partial charge in [0.2, 0.25) is 0 Å². The summed E-state index contributed by atoms with van der Waals surface area (Å²) in [4.78, 5) is 4.79. The van der Waals surface area contributed by atoms with Crippen LogP contribution >= 0.6 is 0 Å². The van der Waals surface area contributed by atoms with E-state index in [0.29, 0.717) is 0 Å². The summed E-state index contributed by atoms with van der Waals surface area (Å²) in [5, 5.41) is 3.37. The average molecular weight is 275 g/mol. The van der Waals surface area contributed by atoms with Crippen molar-refractivity contribution >= 4 is 11.0 Å².